The fraction of sp³-hybridized carbons (Fsp3) is 0.300. The molecule has 0 fully saturated rings. The molecule has 0 atom stereocenters. The average molecular weight is 353 g/mol. The van der Waals surface area contributed by atoms with E-state index >= 15 is 0 Å². The fourth-order valence-electron chi connectivity index (χ4n) is 3.22. The summed E-state index contributed by atoms with van der Waals surface area (Å²) in [6, 6.07) is 12.1. The van der Waals surface area contributed by atoms with Gasteiger partial charge < -0.3 is 10.1 Å². The smallest absolute Gasteiger partial charge is 0.191 e. The van der Waals surface area contributed by atoms with Crippen LogP contribution >= 0.6 is 12.2 Å². The number of ether oxygens (including phenoxy) is 1. The van der Waals surface area contributed by atoms with Crippen LogP contribution in [0.15, 0.2) is 41.5 Å². The summed E-state index contributed by atoms with van der Waals surface area (Å²) in [6.07, 6.45) is 3.21. The number of hydrazone groups is 1. The second-order valence-electron chi connectivity index (χ2n) is 6.31. The number of nitrogens with one attached hydrogen (secondary N) is 2. The minimum Gasteiger partial charge on any atom is -0.497 e. The predicted molar refractivity (Wildman–Crippen MR) is 108 cm³/mol. The van der Waals surface area contributed by atoms with Gasteiger partial charge in [0.15, 0.2) is 5.11 Å². The molecule has 2 N–H and O–H groups in total. The van der Waals surface area contributed by atoms with Gasteiger partial charge in [0.25, 0.3) is 0 Å². The highest BCUT2D eigenvalue weighted by Gasteiger charge is 2.17. The Labute approximate surface area is 154 Å². The number of aryl methyl sites for hydroxylation is 2. The van der Waals surface area contributed by atoms with Crippen molar-refractivity contribution in [3.63, 3.8) is 0 Å². The molecule has 25 heavy (non-hydrogen) atoms. The summed E-state index contributed by atoms with van der Waals surface area (Å²) in [5.74, 6) is 0.814. The van der Waals surface area contributed by atoms with E-state index in [1.807, 2.05) is 24.3 Å². The van der Waals surface area contributed by atoms with Gasteiger partial charge in [-0.15, -0.1) is 0 Å². The molecule has 1 aliphatic carbocycles. The minimum absolute atomic E-state index is 0.481. The van der Waals surface area contributed by atoms with Crippen molar-refractivity contribution >= 4 is 28.7 Å². The van der Waals surface area contributed by atoms with Gasteiger partial charge in [0.2, 0.25) is 0 Å². The zero-order valence-corrected chi connectivity index (χ0v) is 15.7. The van der Waals surface area contributed by atoms with Crippen molar-refractivity contribution in [2.75, 3.05) is 12.4 Å². The van der Waals surface area contributed by atoms with Crippen LogP contribution in [-0.4, -0.2) is 17.9 Å². The number of nitrogens with zero attached hydrogens (tertiary/aromatic N) is 1. The molecule has 2 aromatic rings. The topological polar surface area (TPSA) is 45.6 Å². The normalized spacial score (nSPS) is 14.8. The van der Waals surface area contributed by atoms with Crippen molar-refractivity contribution in [3.05, 3.63) is 58.7 Å². The Morgan fingerprint density at radius 3 is 2.60 bits per heavy atom. The number of rotatable bonds is 3. The van der Waals surface area contributed by atoms with Gasteiger partial charge in [-0.3, -0.25) is 5.43 Å². The molecular weight excluding hydrogens is 330 g/mol. The molecule has 5 heteroatoms. The van der Waals surface area contributed by atoms with Crippen molar-refractivity contribution in [1.82, 2.24) is 5.43 Å². The van der Waals surface area contributed by atoms with E-state index in [4.69, 9.17) is 17.0 Å². The molecule has 0 saturated carbocycles. The Morgan fingerprint density at radius 1 is 1.12 bits per heavy atom. The molecule has 0 amide bonds. The van der Waals surface area contributed by atoms with Gasteiger partial charge in [0.05, 0.1) is 12.8 Å². The molecule has 130 valence electrons. The molecule has 4 nitrogen and oxygen atoms in total. The summed E-state index contributed by atoms with van der Waals surface area (Å²) in [7, 11) is 1.65. The van der Waals surface area contributed by atoms with Gasteiger partial charge in [-0.2, -0.15) is 5.10 Å². The maximum atomic E-state index is 5.36. The van der Waals surface area contributed by atoms with Crippen molar-refractivity contribution in [3.8, 4) is 5.75 Å². The highest BCUT2D eigenvalue weighted by Crippen LogP contribution is 2.26. The first-order chi connectivity index (χ1) is 12.1. The number of hydrogen-bond donors (Lipinski definition) is 2. The molecule has 0 heterocycles. The number of benzene rings is 2. The van der Waals surface area contributed by atoms with E-state index in [0.717, 1.165) is 36.4 Å². The third-order valence-electron chi connectivity index (χ3n) is 4.41. The molecule has 0 bridgehead atoms. The van der Waals surface area contributed by atoms with E-state index in [2.05, 4.69) is 41.8 Å². The summed E-state index contributed by atoms with van der Waals surface area (Å²) in [5.41, 5.74) is 10.2. The first-order valence-corrected chi connectivity index (χ1v) is 8.86. The van der Waals surface area contributed by atoms with E-state index < -0.39 is 0 Å². The van der Waals surface area contributed by atoms with Crippen molar-refractivity contribution in [1.29, 1.82) is 0 Å². The Kier molecular flexibility index (Phi) is 5.34. The van der Waals surface area contributed by atoms with Crippen LogP contribution < -0.4 is 15.5 Å². The number of methoxy groups -OCH3 is 1. The monoisotopic (exact) mass is 353 g/mol. The lowest BCUT2D eigenvalue weighted by Crippen LogP contribution is -2.26. The third kappa shape index (κ3) is 4.17. The van der Waals surface area contributed by atoms with Gasteiger partial charge in [-0.1, -0.05) is 11.6 Å². The van der Waals surface area contributed by atoms with E-state index in [9.17, 15) is 0 Å². The SMILES string of the molecule is COc1ccc(NC(=S)N/N=C2\CCCc3c(C)cc(C)cc32)cc1. The molecule has 2 aromatic carbocycles. The molecule has 0 spiro atoms. The highest BCUT2D eigenvalue weighted by molar-refractivity contribution is 7.80. The van der Waals surface area contributed by atoms with Gasteiger partial charge >= 0.3 is 0 Å². The summed E-state index contributed by atoms with van der Waals surface area (Å²) < 4.78 is 5.16. The lowest BCUT2D eigenvalue weighted by atomic mass is 9.86. The molecule has 0 radical (unpaired) electrons. The third-order valence-corrected chi connectivity index (χ3v) is 4.60. The Hall–Kier alpha value is -2.40. The maximum absolute atomic E-state index is 5.36. The van der Waals surface area contributed by atoms with Crippen molar-refractivity contribution in [2.24, 2.45) is 5.10 Å². The van der Waals surface area contributed by atoms with Crippen LogP contribution in [0.25, 0.3) is 0 Å². The first kappa shape index (κ1) is 17.4. The second kappa shape index (κ2) is 7.66. The Balaban J connectivity index is 1.71. The number of hydrogen-bond acceptors (Lipinski definition) is 3. The Morgan fingerprint density at radius 2 is 1.88 bits per heavy atom. The zero-order valence-electron chi connectivity index (χ0n) is 14.8. The molecule has 1 aliphatic rings. The van der Waals surface area contributed by atoms with E-state index in [0.29, 0.717) is 5.11 Å². The standard InChI is InChI=1S/C20H23N3OS/c1-13-11-14(2)17-5-4-6-19(18(17)12-13)22-23-20(25)21-15-7-9-16(24-3)10-8-15/h7-12H,4-6H2,1-3H3,(H2,21,23,25)/b22-19+. The molecule has 3 rings (SSSR count). The van der Waals surface area contributed by atoms with Gasteiger partial charge in [0, 0.05) is 11.3 Å². The first-order valence-electron chi connectivity index (χ1n) is 8.45. The lowest BCUT2D eigenvalue weighted by molar-refractivity contribution is 0.415. The highest BCUT2D eigenvalue weighted by atomic mass is 32.1. The van der Waals surface area contributed by atoms with E-state index in [1.54, 1.807) is 7.11 Å². The van der Waals surface area contributed by atoms with Gasteiger partial charge in [0.1, 0.15) is 5.75 Å². The Bertz CT molecular complexity index is 812. The lowest BCUT2D eigenvalue weighted by Gasteiger charge is -2.21. The molecule has 0 aromatic heterocycles. The van der Waals surface area contributed by atoms with Crippen LogP contribution in [0, 0.1) is 13.8 Å². The molecule has 0 saturated heterocycles. The minimum atomic E-state index is 0.481. The second-order valence-corrected chi connectivity index (χ2v) is 6.72. The molecular formula is C20H23N3OS. The number of thiocarbonyl (C=S) groups is 1. The van der Waals surface area contributed by atoms with Crippen LogP contribution in [0.4, 0.5) is 5.69 Å². The van der Waals surface area contributed by atoms with E-state index in [1.165, 1.54) is 22.3 Å². The summed E-state index contributed by atoms with van der Waals surface area (Å²) in [4.78, 5) is 0. The van der Waals surface area contributed by atoms with Crippen LogP contribution in [0.5, 0.6) is 5.75 Å². The summed E-state index contributed by atoms with van der Waals surface area (Å²) in [6.45, 7) is 4.31. The van der Waals surface area contributed by atoms with Crippen LogP contribution in [0.3, 0.4) is 0 Å². The maximum Gasteiger partial charge on any atom is 0.191 e. The average Bonchev–Trinajstić information content (AvgIpc) is 2.60. The fourth-order valence-corrected chi connectivity index (χ4v) is 3.39. The number of fused-ring (bicyclic) bond motifs is 1. The largest absolute Gasteiger partial charge is 0.497 e. The van der Waals surface area contributed by atoms with Crippen LogP contribution in [0.1, 0.15) is 35.1 Å². The van der Waals surface area contributed by atoms with Crippen molar-refractivity contribution in [2.45, 2.75) is 33.1 Å². The quantitative estimate of drug-likeness (QED) is 0.636. The van der Waals surface area contributed by atoms with E-state index in [-0.39, 0.29) is 0 Å². The van der Waals surface area contributed by atoms with Gasteiger partial charge in [-0.25, -0.2) is 0 Å². The molecule has 0 aliphatic heterocycles. The van der Waals surface area contributed by atoms with Gasteiger partial charge in [-0.05, 0) is 86.8 Å². The van der Waals surface area contributed by atoms with Crippen LogP contribution in [-0.2, 0) is 6.42 Å². The predicted octanol–water partition coefficient (Wildman–Crippen LogP) is 4.34. The zero-order chi connectivity index (χ0) is 17.8. The summed E-state index contributed by atoms with van der Waals surface area (Å²) >= 11 is 5.36. The molecule has 0 unspecified atom stereocenters. The van der Waals surface area contributed by atoms with Crippen LogP contribution in [0.2, 0.25) is 0 Å². The number of anilines is 1. The van der Waals surface area contributed by atoms with Crippen molar-refractivity contribution < 1.29 is 4.74 Å². The summed E-state index contributed by atoms with van der Waals surface area (Å²) in [5, 5.41) is 8.19.